The molecule has 41 heavy (non-hydrogen) atoms. The third kappa shape index (κ3) is 13.4. The van der Waals surface area contributed by atoms with Gasteiger partial charge in [-0.15, -0.1) is 0 Å². The third-order valence-corrected chi connectivity index (χ3v) is 8.62. The first-order chi connectivity index (χ1) is 19.4. The number of fused-ring (bicyclic) bond motifs is 1. The zero-order valence-electron chi connectivity index (χ0n) is 28.0. The fraction of sp³-hybridized carbons (Fsp3) is 0.806. The van der Waals surface area contributed by atoms with Crippen molar-refractivity contribution in [3.63, 3.8) is 0 Å². The number of rotatable bonds is 20. The Morgan fingerprint density at radius 2 is 1.54 bits per heavy atom. The first-order valence-corrected chi connectivity index (χ1v) is 16.6. The zero-order chi connectivity index (χ0) is 30.4. The molecule has 1 aromatic rings. The van der Waals surface area contributed by atoms with E-state index < -0.39 is 0 Å². The van der Waals surface area contributed by atoms with Gasteiger partial charge in [0.15, 0.2) is 0 Å². The van der Waals surface area contributed by atoms with Gasteiger partial charge in [0.1, 0.15) is 23.7 Å². The highest BCUT2D eigenvalue weighted by molar-refractivity contribution is 5.69. The van der Waals surface area contributed by atoms with Crippen LogP contribution in [0.3, 0.4) is 0 Å². The van der Waals surface area contributed by atoms with Crippen molar-refractivity contribution < 1.29 is 23.7 Å². The van der Waals surface area contributed by atoms with Crippen LogP contribution in [-0.4, -0.2) is 37.5 Å². The van der Waals surface area contributed by atoms with Crippen LogP contribution in [0.5, 0.6) is 11.5 Å². The van der Waals surface area contributed by atoms with Crippen LogP contribution in [0.15, 0.2) is 6.07 Å². The van der Waals surface area contributed by atoms with E-state index >= 15 is 0 Å². The number of hydrogen-bond donors (Lipinski definition) is 0. The number of aryl methyl sites for hydroxylation is 1. The average molecular weight is 575 g/mol. The van der Waals surface area contributed by atoms with Gasteiger partial charge >= 0.3 is 5.97 Å². The predicted octanol–water partition coefficient (Wildman–Crippen LogP) is 9.56. The lowest BCUT2D eigenvalue weighted by Crippen LogP contribution is -2.36. The van der Waals surface area contributed by atoms with Crippen molar-refractivity contribution in [1.29, 1.82) is 0 Å². The van der Waals surface area contributed by atoms with E-state index in [4.69, 9.17) is 18.9 Å². The molecule has 3 atom stereocenters. The predicted molar refractivity (Wildman–Crippen MR) is 170 cm³/mol. The van der Waals surface area contributed by atoms with Crippen molar-refractivity contribution in [3.8, 4) is 11.5 Å². The lowest BCUT2D eigenvalue weighted by Gasteiger charge is -2.37. The second-order valence-electron chi connectivity index (χ2n) is 13.8. The molecule has 0 aromatic heterocycles. The van der Waals surface area contributed by atoms with E-state index in [1.165, 1.54) is 62.5 Å². The molecule has 236 valence electrons. The summed E-state index contributed by atoms with van der Waals surface area (Å²) in [4.78, 5) is 11.6. The SMILES string of the molecule is Cc1cc2c(c(C)c1OCCOCCC(=O)OC(C)C)CCC(C)(CCCC(C)CCCC(C)CCCC(C)C)O2. The van der Waals surface area contributed by atoms with E-state index in [0.29, 0.717) is 19.8 Å². The van der Waals surface area contributed by atoms with Crippen molar-refractivity contribution in [1.82, 2.24) is 0 Å². The fourth-order valence-electron chi connectivity index (χ4n) is 6.06. The fourth-order valence-corrected chi connectivity index (χ4v) is 6.06. The highest BCUT2D eigenvalue weighted by Gasteiger charge is 2.33. The molecule has 1 aliphatic heterocycles. The molecule has 0 spiro atoms. The van der Waals surface area contributed by atoms with Gasteiger partial charge in [-0.3, -0.25) is 4.79 Å². The molecule has 0 fully saturated rings. The first-order valence-electron chi connectivity index (χ1n) is 16.6. The molecule has 1 aliphatic rings. The molecule has 0 saturated heterocycles. The van der Waals surface area contributed by atoms with Crippen molar-refractivity contribution in [2.75, 3.05) is 19.8 Å². The van der Waals surface area contributed by atoms with E-state index in [-0.39, 0.29) is 24.1 Å². The molecule has 5 heteroatoms. The summed E-state index contributed by atoms with van der Waals surface area (Å²) in [6.07, 6.45) is 14.1. The number of benzene rings is 1. The standard InChI is InChI=1S/C36H62O5/c1-26(2)13-10-14-28(5)15-11-16-29(6)17-12-20-36(9)21-18-32-31(8)35(30(7)25-33(32)41-36)39-24-23-38-22-19-34(37)40-27(3)4/h25-29H,10-24H2,1-9H3. The summed E-state index contributed by atoms with van der Waals surface area (Å²) in [5.41, 5.74) is 3.45. The zero-order valence-corrected chi connectivity index (χ0v) is 28.0. The monoisotopic (exact) mass is 574 g/mol. The molecule has 2 rings (SSSR count). The minimum atomic E-state index is -0.225. The number of esters is 1. The van der Waals surface area contributed by atoms with Crippen molar-refractivity contribution in [2.45, 2.75) is 151 Å². The quantitative estimate of drug-likeness (QED) is 0.115. The van der Waals surface area contributed by atoms with E-state index in [9.17, 15) is 4.79 Å². The van der Waals surface area contributed by atoms with Gasteiger partial charge in [-0.05, 0) is 95.2 Å². The molecular formula is C36H62O5. The van der Waals surface area contributed by atoms with Crippen LogP contribution in [0.25, 0.3) is 0 Å². The Morgan fingerprint density at radius 1 is 0.902 bits per heavy atom. The maximum Gasteiger partial charge on any atom is 0.308 e. The van der Waals surface area contributed by atoms with Crippen molar-refractivity contribution in [3.05, 3.63) is 22.8 Å². The molecule has 0 saturated carbocycles. The van der Waals surface area contributed by atoms with E-state index in [1.54, 1.807) is 0 Å². The van der Waals surface area contributed by atoms with Gasteiger partial charge in [0, 0.05) is 5.56 Å². The van der Waals surface area contributed by atoms with Crippen LogP contribution in [0.4, 0.5) is 0 Å². The highest BCUT2D eigenvalue weighted by atomic mass is 16.5. The molecule has 0 radical (unpaired) electrons. The normalized spacial score (nSPS) is 18.2. The summed E-state index contributed by atoms with van der Waals surface area (Å²) in [7, 11) is 0. The molecule has 1 aromatic carbocycles. The van der Waals surface area contributed by atoms with Crippen LogP contribution in [0.2, 0.25) is 0 Å². The molecule has 0 N–H and O–H groups in total. The smallest absolute Gasteiger partial charge is 0.308 e. The second-order valence-corrected chi connectivity index (χ2v) is 13.8. The summed E-state index contributed by atoms with van der Waals surface area (Å²) in [5.74, 6) is 4.23. The average Bonchev–Trinajstić information content (AvgIpc) is 2.86. The highest BCUT2D eigenvalue weighted by Crippen LogP contribution is 2.42. The summed E-state index contributed by atoms with van der Waals surface area (Å²) in [6.45, 7) is 21.0. The lowest BCUT2D eigenvalue weighted by molar-refractivity contribution is -0.148. The summed E-state index contributed by atoms with van der Waals surface area (Å²) in [5, 5.41) is 0. The lowest BCUT2D eigenvalue weighted by atomic mass is 9.85. The van der Waals surface area contributed by atoms with Gasteiger partial charge in [-0.1, -0.05) is 72.6 Å². The van der Waals surface area contributed by atoms with Gasteiger partial charge in [0.2, 0.25) is 0 Å². The number of ether oxygens (including phenoxy) is 4. The molecule has 5 nitrogen and oxygen atoms in total. The Labute approximate surface area is 252 Å². The van der Waals surface area contributed by atoms with Crippen LogP contribution in [0, 0.1) is 31.6 Å². The van der Waals surface area contributed by atoms with Gasteiger partial charge < -0.3 is 18.9 Å². The van der Waals surface area contributed by atoms with Gasteiger partial charge in [0.25, 0.3) is 0 Å². The van der Waals surface area contributed by atoms with Crippen LogP contribution >= 0.6 is 0 Å². The summed E-state index contributed by atoms with van der Waals surface area (Å²) >= 11 is 0. The Morgan fingerprint density at radius 3 is 2.17 bits per heavy atom. The number of carbonyl (C=O) groups excluding carboxylic acids is 1. The third-order valence-electron chi connectivity index (χ3n) is 8.62. The van der Waals surface area contributed by atoms with E-state index in [0.717, 1.165) is 54.1 Å². The first kappa shape index (κ1) is 35.4. The van der Waals surface area contributed by atoms with Crippen LogP contribution < -0.4 is 9.47 Å². The Hall–Kier alpha value is -1.75. The van der Waals surface area contributed by atoms with Gasteiger partial charge in [-0.2, -0.15) is 0 Å². The van der Waals surface area contributed by atoms with Gasteiger partial charge in [-0.25, -0.2) is 0 Å². The second kappa shape index (κ2) is 18.0. The topological polar surface area (TPSA) is 54.0 Å². The molecule has 0 bridgehead atoms. The Balaban J connectivity index is 1.72. The largest absolute Gasteiger partial charge is 0.491 e. The number of carbonyl (C=O) groups is 1. The maximum atomic E-state index is 11.6. The van der Waals surface area contributed by atoms with Crippen LogP contribution in [-0.2, 0) is 20.7 Å². The summed E-state index contributed by atoms with van der Waals surface area (Å²) in [6, 6.07) is 2.16. The Bertz CT molecular complexity index is 908. The van der Waals surface area contributed by atoms with Crippen LogP contribution in [0.1, 0.15) is 136 Å². The number of hydrogen-bond acceptors (Lipinski definition) is 5. The summed E-state index contributed by atoms with van der Waals surface area (Å²) < 4.78 is 23.5. The molecule has 0 aliphatic carbocycles. The maximum absolute atomic E-state index is 11.6. The molecular weight excluding hydrogens is 512 g/mol. The van der Waals surface area contributed by atoms with Crippen molar-refractivity contribution in [2.24, 2.45) is 17.8 Å². The Kier molecular flexibility index (Phi) is 15.6. The van der Waals surface area contributed by atoms with Gasteiger partial charge in [0.05, 0.1) is 25.7 Å². The van der Waals surface area contributed by atoms with E-state index in [1.807, 2.05) is 13.8 Å². The minimum Gasteiger partial charge on any atom is -0.491 e. The van der Waals surface area contributed by atoms with E-state index in [2.05, 4.69) is 54.5 Å². The molecule has 1 heterocycles. The minimum absolute atomic E-state index is 0.0932. The van der Waals surface area contributed by atoms with Crippen molar-refractivity contribution >= 4 is 5.97 Å². The molecule has 0 amide bonds. The molecule has 3 unspecified atom stereocenters.